The monoisotopic (exact) mass is 339 g/mol. The number of thioether (sulfide) groups is 1. The van der Waals surface area contributed by atoms with E-state index in [9.17, 15) is 18.0 Å². The van der Waals surface area contributed by atoms with Crippen LogP contribution in [0.4, 0.5) is 13.2 Å². The lowest BCUT2D eigenvalue weighted by atomic mass is 9.83. The van der Waals surface area contributed by atoms with E-state index < -0.39 is 12.6 Å². The van der Waals surface area contributed by atoms with Gasteiger partial charge in [0, 0.05) is 19.8 Å². The van der Waals surface area contributed by atoms with Crippen molar-refractivity contribution in [2.45, 2.75) is 57.4 Å². The van der Waals surface area contributed by atoms with E-state index in [-0.39, 0.29) is 48.4 Å². The van der Waals surface area contributed by atoms with Crippen molar-refractivity contribution in [3.8, 4) is 0 Å². The predicted molar refractivity (Wildman–Crippen MR) is 77.7 cm³/mol. The van der Waals surface area contributed by atoms with Gasteiger partial charge in [0.1, 0.15) is 12.0 Å². The third kappa shape index (κ3) is 4.38. The summed E-state index contributed by atoms with van der Waals surface area (Å²) in [6, 6.07) is -0.128. The van der Waals surface area contributed by atoms with E-state index in [0.29, 0.717) is 5.04 Å². The second kappa shape index (κ2) is 6.78. The Kier molecular flexibility index (Phi) is 5.42. The van der Waals surface area contributed by atoms with Gasteiger partial charge in [-0.3, -0.25) is 9.79 Å². The standard InChI is InChI=1S/C14H20F3NO3S/c1-7-8(2)12-13(21-10(7)6-20-9(3)19)22-11(18-12)4-5-14(15,16)17/h7-8,10,12-13H,4-6H2,1-3H3/t7-,8-,10+,12+,13+/m0/s1. The van der Waals surface area contributed by atoms with E-state index in [1.165, 1.54) is 18.7 Å². The van der Waals surface area contributed by atoms with Crippen molar-refractivity contribution in [2.75, 3.05) is 6.61 Å². The predicted octanol–water partition coefficient (Wildman–Crippen LogP) is 3.40. The van der Waals surface area contributed by atoms with Crippen LogP contribution in [0.25, 0.3) is 0 Å². The number of hydrogen-bond donors (Lipinski definition) is 0. The average molecular weight is 339 g/mol. The summed E-state index contributed by atoms with van der Waals surface area (Å²) in [4.78, 5) is 15.3. The molecule has 0 saturated carbocycles. The molecule has 2 aliphatic rings. The first-order valence-electron chi connectivity index (χ1n) is 7.26. The SMILES string of the molecule is CC(=O)OC[C@H]1O[C@@H]2SC(CCC(F)(F)F)=N[C@@H]2[C@@H](C)[C@@H]1C. The number of halogens is 3. The zero-order valence-electron chi connectivity index (χ0n) is 12.7. The number of fused-ring (bicyclic) bond motifs is 1. The average Bonchev–Trinajstić information content (AvgIpc) is 2.81. The molecule has 1 saturated heterocycles. The van der Waals surface area contributed by atoms with Crippen molar-refractivity contribution >= 4 is 22.8 Å². The molecule has 2 heterocycles. The first-order chi connectivity index (χ1) is 10.2. The Bertz CT molecular complexity index is 455. The second-order valence-electron chi connectivity index (χ2n) is 5.81. The summed E-state index contributed by atoms with van der Waals surface area (Å²) in [5.41, 5.74) is -0.282. The number of alkyl halides is 3. The van der Waals surface area contributed by atoms with Crippen molar-refractivity contribution in [3.63, 3.8) is 0 Å². The van der Waals surface area contributed by atoms with Crippen LogP contribution in [0.15, 0.2) is 4.99 Å². The molecule has 0 aliphatic carbocycles. The van der Waals surface area contributed by atoms with Crippen LogP contribution in [-0.4, -0.2) is 41.4 Å². The summed E-state index contributed by atoms with van der Waals surface area (Å²) < 4.78 is 47.8. The quantitative estimate of drug-likeness (QED) is 0.737. The normalized spacial score (nSPS) is 35.0. The molecule has 0 amide bonds. The number of nitrogens with zero attached hydrogens (tertiary/aromatic N) is 1. The van der Waals surface area contributed by atoms with E-state index >= 15 is 0 Å². The number of aliphatic imine (C=N–C) groups is 1. The van der Waals surface area contributed by atoms with E-state index in [2.05, 4.69) is 4.99 Å². The minimum atomic E-state index is -4.17. The Morgan fingerprint density at radius 2 is 2.05 bits per heavy atom. The minimum absolute atomic E-state index is 0.0970. The molecule has 0 aromatic carbocycles. The van der Waals surface area contributed by atoms with Gasteiger partial charge in [0.05, 0.1) is 17.2 Å². The molecule has 0 radical (unpaired) electrons. The lowest BCUT2D eigenvalue weighted by molar-refractivity contribution is -0.152. The van der Waals surface area contributed by atoms with Gasteiger partial charge in [-0.15, -0.1) is 0 Å². The fraction of sp³-hybridized carbons (Fsp3) is 0.857. The molecule has 0 bridgehead atoms. The highest BCUT2D eigenvalue weighted by Crippen LogP contribution is 2.43. The Hall–Kier alpha value is -0.760. The third-order valence-corrected chi connectivity index (χ3v) is 5.36. The Morgan fingerprint density at radius 3 is 2.64 bits per heavy atom. The fourth-order valence-electron chi connectivity index (χ4n) is 2.64. The number of rotatable bonds is 4. The summed E-state index contributed by atoms with van der Waals surface area (Å²) >= 11 is 1.27. The smallest absolute Gasteiger partial charge is 0.389 e. The Balaban J connectivity index is 1.95. The molecular formula is C14H20F3NO3S. The molecule has 126 valence electrons. The second-order valence-corrected chi connectivity index (χ2v) is 6.98. The molecule has 22 heavy (non-hydrogen) atoms. The van der Waals surface area contributed by atoms with Crippen LogP contribution in [-0.2, 0) is 14.3 Å². The summed E-state index contributed by atoms with van der Waals surface area (Å²) in [6.45, 7) is 5.51. The summed E-state index contributed by atoms with van der Waals surface area (Å²) in [5.74, 6) is -0.0890. The molecule has 0 aromatic rings. The van der Waals surface area contributed by atoms with Crippen LogP contribution in [0.5, 0.6) is 0 Å². The summed E-state index contributed by atoms with van der Waals surface area (Å²) in [7, 11) is 0. The first-order valence-corrected chi connectivity index (χ1v) is 8.14. The van der Waals surface area contributed by atoms with Gasteiger partial charge < -0.3 is 9.47 Å². The van der Waals surface area contributed by atoms with E-state index in [4.69, 9.17) is 9.47 Å². The lowest BCUT2D eigenvalue weighted by Gasteiger charge is -2.40. The van der Waals surface area contributed by atoms with Gasteiger partial charge in [0.2, 0.25) is 0 Å². The molecule has 0 N–H and O–H groups in total. The van der Waals surface area contributed by atoms with Gasteiger partial charge in [-0.2, -0.15) is 13.2 Å². The largest absolute Gasteiger partial charge is 0.463 e. The Morgan fingerprint density at radius 1 is 1.36 bits per heavy atom. The molecule has 1 fully saturated rings. The molecule has 4 nitrogen and oxygen atoms in total. The van der Waals surface area contributed by atoms with E-state index in [1.54, 1.807) is 0 Å². The number of carbonyl (C=O) groups is 1. The highest BCUT2D eigenvalue weighted by Gasteiger charge is 2.45. The molecule has 2 aliphatic heterocycles. The highest BCUT2D eigenvalue weighted by molar-refractivity contribution is 8.14. The van der Waals surface area contributed by atoms with Crippen LogP contribution < -0.4 is 0 Å². The van der Waals surface area contributed by atoms with Gasteiger partial charge in [-0.1, -0.05) is 25.6 Å². The van der Waals surface area contributed by atoms with Crippen LogP contribution in [0, 0.1) is 11.8 Å². The third-order valence-electron chi connectivity index (χ3n) is 4.16. The number of ether oxygens (including phenoxy) is 2. The lowest BCUT2D eigenvalue weighted by Crippen LogP contribution is -2.47. The number of hydrogen-bond acceptors (Lipinski definition) is 5. The number of carbonyl (C=O) groups excluding carboxylic acids is 1. The van der Waals surface area contributed by atoms with Crippen molar-refractivity contribution in [1.29, 1.82) is 0 Å². The summed E-state index contributed by atoms with van der Waals surface area (Å²) in [6.07, 6.45) is -5.38. The van der Waals surface area contributed by atoms with Gasteiger partial charge in [0.25, 0.3) is 0 Å². The van der Waals surface area contributed by atoms with Crippen LogP contribution in [0.2, 0.25) is 0 Å². The van der Waals surface area contributed by atoms with Crippen molar-refractivity contribution in [1.82, 2.24) is 0 Å². The zero-order chi connectivity index (χ0) is 16.5. The zero-order valence-corrected chi connectivity index (χ0v) is 13.5. The van der Waals surface area contributed by atoms with Crippen LogP contribution in [0.1, 0.15) is 33.6 Å². The first kappa shape index (κ1) is 17.6. The molecule has 0 aromatic heterocycles. The van der Waals surface area contributed by atoms with Gasteiger partial charge in [0.15, 0.2) is 0 Å². The highest BCUT2D eigenvalue weighted by atomic mass is 32.2. The number of esters is 1. The Labute approximate surface area is 131 Å². The van der Waals surface area contributed by atoms with Gasteiger partial charge in [-0.25, -0.2) is 0 Å². The molecular weight excluding hydrogens is 319 g/mol. The maximum absolute atomic E-state index is 12.3. The van der Waals surface area contributed by atoms with Crippen LogP contribution >= 0.6 is 11.8 Å². The molecule has 5 atom stereocenters. The van der Waals surface area contributed by atoms with Gasteiger partial charge in [-0.05, 0) is 11.8 Å². The molecule has 2 rings (SSSR count). The minimum Gasteiger partial charge on any atom is -0.463 e. The molecule has 0 unspecified atom stereocenters. The topological polar surface area (TPSA) is 47.9 Å². The molecule has 8 heteroatoms. The van der Waals surface area contributed by atoms with E-state index in [1.807, 2.05) is 13.8 Å². The maximum atomic E-state index is 12.3. The van der Waals surface area contributed by atoms with Crippen molar-refractivity contribution < 1.29 is 27.4 Å². The van der Waals surface area contributed by atoms with Crippen molar-refractivity contribution in [3.05, 3.63) is 0 Å². The van der Waals surface area contributed by atoms with E-state index in [0.717, 1.165) is 0 Å². The van der Waals surface area contributed by atoms with Crippen molar-refractivity contribution in [2.24, 2.45) is 16.8 Å². The maximum Gasteiger partial charge on any atom is 0.389 e. The van der Waals surface area contributed by atoms with Crippen LogP contribution in [0.3, 0.4) is 0 Å². The molecule has 0 spiro atoms. The summed E-state index contributed by atoms with van der Waals surface area (Å²) in [5, 5.41) is 0.500. The fourth-order valence-corrected chi connectivity index (χ4v) is 3.96. The van der Waals surface area contributed by atoms with Gasteiger partial charge >= 0.3 is 12.1 Å².